The molecule has 3 rings (SSSR count). The molecule has 2 bridgehead atoms. The topological polar surface area (TPSA) is 55.1 Å². The lowest BCUT2D eigenvalue weighted by atomic mass is 9.84. The highest BCUT2D eigenvalue weighted by molar-refractivity contribution is 7.10. The molecule has 1 aromatic rings. The SMILES string of the molecule is CC(NC(=O)C(N)c1cccs1)C1CC2CCC1C2. The van der Waals surface area contributed by atoms with E-state index in [-0.39, 0.29) is 11.9 Å². The molecule has 1 aromatic heterocycles. The third kappa shape index (κ3) is 2.56. The molecule has 5 unspecified atom stereocenters. The first-order valence-corrected chi connectivity index (χ1v) is 8.12. The molecule has 1 amide bonds. The maximum atomic E-state index is 12.2. The van der Waals surface area contributed by atoms with E-state index in [1.807, 2.05) is 17.5 Å². The van der Waals surface area contributed by atoms with Gasteiger partial charge in [-0.05, 0) is 55.4 Å². The number of thiophene rings is 1. The fraction of sp³-hybridized carbons (Fsp3) is 0.667. The molecule has 5 atom stereocenters. The third-order valence-corrected chi connectivity index (χ3v) is 5.89. The Balaban J connectivity index is 1.57. The van der Waals surface area contributed by atoms with E-state index in [0.717, 1.165) is 16.7 Å². The number of hydrogen-bond acceptors (Lipinski definition) is 3. The van der Waals surface area contributed by atoms with Crippen LogP contribution in [0.5, 0.6) is 0 Å². The van der Waals surface area contributed by atoms with Crippen LogP contribution < -0.4 is 11.1 Å². The molecule has 0 saturated heterocycles. The van der Waals surface area contributed by atoms with E-state index in [2.05, 4.69) is 12.2 Å². The monoisotopic (exact) mass is 278 g/mol. The summed E-state index contributed by atoms with van der Waals surface area (Å²) < 4.78 is 0. The molecule has 2 fully saturated rings. The van der Waals surface area contributed by atoms with Gasteiger partial charge in [-0.2, -0.15) is 0 Å². The van der Waals surface area contributed by atoms with Crippen molar-refractivity contribution in [1.82, 2.24) is 5.32 Å². The average Bonchev–Trinajstić information content (AvgIpc) is 3.13. The number of nitrogens with one attached hydrogen (secondary N) is 1. The lowest BCUT2D eigenvalue weighted by Gasteiger charge is -2.29. The molecule has 3 nitrogen and oxygen atoms in total. The second-order valence-electron chi connectivity index (χ2n) is 6.13. The highest BCUT2D eigenvalue weighted by Gasteiger charge is 2.42. The molecule has 2 aliphatic rings. The molecule has 1 heterocycles. The number of hydrogen-bond donors (Lipinski definition) is 2. The van der Waals surface area contributed by atoms with Crippen LogP contribution in [0.2, 0.25) is 0 Å². The molecule has 3 N–H and O–H groups in total. The van der Waals surface area contributed by atoms with Crippen LogP contribution in [0.25, 0.3) is 0 Å². The van der Waals surface area contributed by atoms with Crippen LogP contribution in [0.4, 0.5) is 0 Å². The van der Waals surface area contributed by atoms with Gasteiger partial charge in [0, 0.05) is 10.9 Å². The lowest BCUT2D eigenvalue weighted by Crippen LogP contribution is -2.44. The molecule has 104 valence electrons. The number of carbonyl (C=O) groups is 1. The maximum absolute atomic E-state index is 12.2. The number of carbonyl (C=O) groups excluding carboxylic acids is 1. The molecular weight excluding hydrogens is 256 g/mol. The van der Waals surface area contributed by atoms with E-state index in [9.17, 15) is 4.79 Å². The van der Waals surface area contributed by atoms with E-state index in [4.69, 9.17) is 5.73 Å². The van der Waals surface area contributed by atoms with Crippen molar-refractivity contribution in [3.8, 4) is 0 Å². The summed E-state index contributed by atoms with van der Waals surface area (Å²) in [6, 6.07) is 3.61. The van der Waals surface area contributed by atoms with Crippen molar-refractivity contribution in [2.24, 2.45) is 23.5 Å². The van der Waals surface area contributed by atoms with Gasteiger partial charge in [0.15, 0.2) is 0 Å². The van der Waals surface area contributed by atoms with Crippen molar-refractivity contribution >= 4 is 17.2 Å². The second-order valence-corrected chi connectivity index (χ2v) is 7.11. The Kier molecular flexibility index (Phi) is 3.63. The zero-order chi connectivity index (χ0) is 13.4. The zero-order valence-electron chi connectivity index (χ0n) is 11.3. The minimum absolute atomic E-state index is 0.0299. The van der Waals surface area contributed by atoms with Crippen molar-refractivity contribution in [2.75, 3.05) is 0 Å². The highest BCUT2D eigenvalue weighted by atomic mass is 32.1. The fourth-order valence-corrected chi connectivity index (χ4v) is 4.65. The Morgan fingerprint density at radius 2 is 2.32 bits per heavy atom. The van der Waals surface area contributed by atoms with Gasteiger partial charge in [0.05, 0.1) is 0 Å². The van der Waals surface area contributed by atoms with Crippen molar-refractivity contribution in [1.29, 1.82) is 0 Å². The summed E-state index contributed by atoms with van der Waals surface area (Å²) in [4.78, 5) is 13.1. The van der Waals surface area contributed by atoms with Gasteiger partial charge in [0.1, 0.15) is 6.04 Å². The summed E-state index contributed by atoms with van der Waals surface area (Å²) in [6.45, 7) is 2.14. The Hall–Kier alpha value is -0.870. The normalized spacial score (nSPS) is 32.2. The predicted molar refractivity (Wildman–Crippen MR) is 77.8 cm³/mol. The summed E-state index contributed by atoms with van der Waals surface area (Å²) in [5, 5.41) is 5.10. The Morgan fingerprint density at radius 3 is 2.89 bits per heavy atom. The van der Waals surface area contributed by atoms with Gasteiger partial charge >= 0.3 is 0 Å². The largest absolute Gasteiger partial charge is 0.352 e. The smallest absolute Gasteiger partial charge is 0.242 e. The summed E-state index contributed by atoms with van der Waals surface area (Å²) in [7, 11) is 0. The summed E-state index contributed by atoms with van der Waals surface area (Å²) in [5.41, 5.74) is 6.00. The van der Waals surface area contributed by atoms with E-state index in [1.165, 1.54) is 25.7 Å². The van der Waals surface area contributed by atoms with E-state index in [1.54, 1.807) is 11.3 Å². The molecule has 19 heavy (non-hydrogen) atoms. The minimum atomic E-state index is -0.513. The first-order chi connectivity index (χ1) is 9.15. The summed E-state index contributed by atoms with van der Waals surface area (Å²) in [6.07, 6.45) is 5.42. The first kappa shape index (κ1) is 13.1. The van der Waals surface area contributed by atoms with Crippen LogP contribution in [0.1, 0.15) is 43.5 Å². The summed E-state index contributed by atoms with van der Waals surface area (Å²) >= 11 is 1.54. The Bertz CT molecular complexity index is 445. The van der Waals surface area contributed by atoms with Crippen LogP contribution in [0.3, 0.4) is 0 Å². The van der Waals surface area contributed by atoms with Gasteiger partial charge in [-0.1, -0.05) is 12.5 Å². The van der Waals surface area contributed by atoms with Gasteiger partial charge < -0.3 is 11.1 Å². The van der Waals surface area contributed by atoms with E-state index < -0.39 is 6.04 Å². The molecule has 0 aliphatic heterocycles. The molecule has 0 spiro atoms. The summed E-state index contributed by atoms with van der Waals surface area (Å²) in [5.74, 6) is 2.38. The molecule has 0 aromatic carbocycles. The average molecular weight is 278 g/mol. The molecule has 2 aliphatic carbocycles. The molecule has 0 radical (unpaired) electrons. The lowest BCUT2D eigenvalue weighted by molar-refractivity contribution is -0.123. The van der Waals surface area contributed by atoms with Gasteiger partial charge in [0.25, 0.3) is 0 Å². The highest BCUT2D eigenvalue weighted by Crippen LogP contribution is 2.49. The first-order valence-electron chi connectivity index (χ1n) is 7.24. The number of rotatable bonds is 4. The third-order valence-electron chi connectivity index (χ3n) is 4.94. The van der Waals surface area contributed by atoms with Crippen LogP contribution in [-0.2, 0) is 4.79 Å². The van der Waals surface area contributed by atoms with Crippen molar-refractivity contribution in [3.63, 3.8) is 0 Å². The van der Waals surface area contributed by atoms with E-state index in [0.29, 0.717) is 5.92 Å². The molecule has 4 heteroatoms. The predicted octanol–water partition coefficient (Wildman–Crippen LogP) is 2.69. The van der Waals surface area contributed by atoms with Crippen LogP contribution >= 0.6 is 11.3 Å². The van der Waals surface area contributed by atoms with Gasteiger partial charge in [-0.25, -0.2) is 0 Å². The standard InChI is InChI=1S/C15H22N2OS/c1-9(12-8-10-4-5-11(12)7-10)17-15(18)14(16)13-3-2-6-19-13/h2-3,6,9-12,14H,4-5,7-8,16H2,1H3,(H,17,18). The van der Waals surface area contributed by atoms with Gasteiger partial charge in [-0.3, -0.25) is 4.79 Å². The van der Waals surface area contributed by atoms with Crippen molar-refractivity contribution in [2.45, 2.75) is 44.7 Å². The van der Waals surface area contributed by atoms with Gasteiger partial charge in [0.2, 0.25) is 5.91 Å². The fourth-order valence-electron chi connectivity index (χ4n) is 3.92. The zero-order valence-corrected chi connectivity index (χ0v) is 12.2. The van der Waals surface area contributed by atoms with E-state index >= 15 is 0 Å². The second kappa shape index (κ2) is 5.25. The molecule has 2 saturated carbocycles. The maximum Gasteiger partial charge on any atom is 0.242 e. The molecular formula is C15H22N2OS. The Labute approximate surface area is 118 Å². The number of fused-ring (bicyclic) bond motifs is 2. The quantitative estimate of drug-likeness (QED) is 0.889. The minimum Gasteiger partial charge on any atom is -0.352 e. The number of amides is 1. The van der Waals surface area contributed by atoms with Crippen molar-refractivity contribution < 1.29 is 4.79 Å². The van der Waals surface area contributed by atoms with Crippen LogP contribution in [0.15, 0.2) is 17.5 Å². The van der Waals surface area contributed by atoms with Crippen molar-refractivity contribution in [3.05, 3.63) is 22.4 Å². The van der Waals surface area contributed by atoms with Gasteiger partial charge in [-0.15, -0.1) is 11.3 Å². The van der Waals surface area contributed by atoms with Crippen LogP contribution in [-0.4, -0.2) is 11.9 Å². The number of nitrogens with two attached hydrogens (primary N) is 1. The van der Waals surface area contributed by atoms with Crippen LogP contribution in [0, 0.1) is 17.8 Å². The Morgan fingerprint density at radius 1 is 1.47 bits per heavy atom.